The van der Waals surface area contributed by atoms with Crippen LogP contribution in [-0.2, 0) is 0 Å². The summed E-state index contributed by atoms with van der Waals surface area (Å²) in [6.07, 6.45) is -4.83. The normalized spacial score (nSPS) is 11.9. The Morgan fingerprint density at radius 2 is 1.25 bits per heavy atom. The van der Waals surface area contributed by atoms with Gasteiger partial charge in [-0.1, -0.05) is 47.5 Å². The SMILES string of the molecule is FC(F)(F)Oc1ccc2cc(Cl)ccc2c1-c1c(S)ccc2cc(Cl)ccc12. The average Bonchev–Trinajstić information content (AvgIpc) is 2.61. The highest BCUT2D eigenvalue weighted by Gasteiger charge is 2.33. The van der Waals surface area contributed by atoms with Crippen LogP contribution < -0.4 is 4.74 Å². The molecule has 0 aromatic heterocycles. The number of hydrogen-bond acceptors (Lipinski definition) is 2. The predicted molar refractivity (Wildman–Crippen MR) is 111 cm³/mol. The van der Waals surface area contributed by atoms with Crippen molar-refractivity contribution < 1.29 is 17.9 Å². The molecule has 28 heavy (non-hydrogen) atoms. The van der Waals surface area contributed by atoms with Gasteiger partial charge in [0.2, 0.25) is 0 Å². The fourth-order valence-corrected chi connectivity index (χ4v) is 3.97. The lowest BCUT2D eigenvalue weighted by Crippen LogP contribution is -2.17. The minimum Gasteiger partial charge on any atom is -0.405 e. The van der Waals surface area contributed by atoms with Crippen molar-refractivity contribution in [1.29, 1.82) is 0 Å². The number of rotatable bonds is 2. The van der Waals surface area contributed by atoms with E-state index in [1.807, 2.05) is 6.07 Å². The van der Waals surface area contributed by atoms with Crippen molar-refractivity contribution in [2.75, 3.05) is 0 Å². The number of ether oxygens (including phenoxy) is 1. The van der Waals surface area contributed by atoms with Crippen LogP contribution in [0.4, 0.5) is 13.2 Å². The van der Waals surface area contributed by atoms with Gasteiger partial charge >= 0.3 is 6.36 Å². The molecule has 0 radical (unpaired) electrons. The zero-order chi connectivity index (χ0) is 20.1. The van der Waals surface area contributed by atoms with Crippen molar-refractivity contribution in [1.82, 2.24) is 0 Å². The van der Waals surface area contributed by atoms with Crippen molar-refractivity contribution in [3.05, 3.63) is 70.7 Å². The summed E-state index contributed by atoms with van der Waals surface area (Å²) in [5, 5.41) is 3.77. The van der Waals surface area contributed by atoms with E-state index in [-0.39, 0.29) is 5.75 Å². The lowest BCUT2D eigenvalue weighted by atomic mass is 9.93. The molecule has 0 heterocycles. The molecule has 0 fully saturated rings. The maximum absolute atomic E-state index is 13.1. The van der Waals surface area contributed by atoms with Crippen LogP contribution in [0.2, 0.25) is 10.0 Å². The van der Waals surface area contributed by atoms with Gasteiger partial charge in [0.15, 0.2) is 0 Å². The Labute approximate surface area is 174 Å². The van der Waals surface area contributed by atoms with Crippen LogP contribution in [0.1, 0.15) is 0 Å². The van der Waals surface area contributed by atoms with Gasteiger partial charge in [-0.3, -0.25) is 0 Å². The lowest BCUT2D eigenvalue weighted by Gasteiger charge is -2.19. The number of fused-ring (bicyclic) bond motifs is 2. The summed E-state index contributed by atoms with van der Waals surface area (Å²) < 4.78 is 43.6. The van der Waals surface area contributed by atoms with Crippen LogP contribution in [0.15, 0.2) is 65.6 Å². The maximum Gasteiger partial charge on any atom is 0.573 e. The lowest BCUT2D eigenvalue weighted by molar-refractivity contribution is -0.274. The number of halogens is 5. The molecular formula is C21H11Cl2F3OS. The molecule has 0 saturated heterocycles. The highest BCUT2D eigenvalue weighted by molar-refractivity contribution is 7.80. The minimum atomic E-state index is -4.83. The zero-order valence-corrected chi connectivity index (χ0v) is 16.4. The Balaban J connectivity index is 2.14. The molecule has 4 aromatic carbocycles. The molecule has 0 saturated carbocycles. The van der Waals surface area contributed by atoms with Crippen LogP contribution in [-0.4, -0.2) is 6.36 Å². The summed E-state index contributed by atoms with van der Waals surface area (Å²) >= 11 is 16.7. The summed E-state index contributed by atoms with van der Waals surface area (Å²) in [7, 11) is 0. The second-order valence-electron chi connectivity index (χ2n) is 6.18. The molecule has 142 valence electrons. The van der Waals surface area contributed by atoms with E-state index in [1.165, 1.54) is 6.07 Å². The van der Waals surface area contributed by atoms with Crippen LogP contribution in [0, 0.1) is 0 Å². The smallest absolute Gasteiger partial charge is 0.405 e. The molecular weight excluding hydrogens is 428 g/mol. The van der Waals surface area contributed by atoms with Crippen molar-refractivity contribution in [2.45, 2.75) is 11.3 Å². The third-order valence-corrected chi connectivity index (χ3v) is 5.22. The Kier molecular flexibility index (Phi) is 4.86. The standard InChI is InChI=1S/C21H11Cl2F3OS/c22-13-3-5-15-11(9-13)1-7-17(27-21(24,25)26)19(15)20-16-6-4-14(23)10-12(16)2-8-18(20)28/h1-10,28H. The average molecular weight is 439 g/mol. The third kappa shape index (κ3) is 3.62. The number of benzene rings is 4. The third-order valence-electron chi connectivity index (χ3n) is 4.38. The highest BCUT2D eigenvalue weighted by atomic mass is 35.5. The Morgan fingerprint density at radius 3 is 1.82 bits per heavy atom. The van der Waals surface area contributed by atoms with E-state index in [2.05, 4.69) is 17.4 Å². The molecule has 0 unspecified atom stereocenters. The molecule has 0 amide bonds. The monoisotopic (exact) mass is 438 g/mol. The number of alkyl halides is 3. The van der Waals surface area contributed by atoms with Gasteiger partial charge < -0.3 is 4.74 Å². The molecule has 0 N–H and O–H groups in total. The first-order chi connectivity index (χ1) is 13.2. The van der Waals surface area contributed by atoms with Crippen molar-refractivity contribution in [3.63, 3.8) is 0 Å². The van der Waals surface area contributed by atoms with Crippen molar-refractivity contribution in [3.8, 4) is 16.9 Å². The van der Waals surface area contributed by atoms with Crippen molar-refractivity contribution in [2.24, 2.45) is 0 Å². The molecule has 0 aliphatic heterocycles. The summed E-state index contributed by atoms with van der Waals surface area (Å²) in [5.41, 5.74) is 0.828. The van der Waals surface area contributed by atoms with E-state index in [1.54, 1.807) is 48.5 Å². The maximum atomic E-state index is 13.1. The molecule has 0 aliphatic carbocycles. The number of hydrogen-bond donors (Lipinski definition) is 1. The van der Waals surface area contributed by atoms with E-state index in [4.69, 9.17) is 23.2 Å². The van der Waals surface area contributed by atoms with Crippen LogP contribution in [0.25, 0.3) is 32.7 Å². The van der Waals surface area contributed by atoms with E-state index >= 15 is 0 Å². The Bertz CT molecular complexity index is 1220. The van der Waals surface area contributed by atoms with Gasteiger partial charge in [-0.2, -0.15) is 0 Å². The van der Waals surface area contributed by atoms with Gasteiger partial charge in [0, 0.05) is 26.1 Å². The summed E-state index contributed by atoms with van der Waals surface area (Å²) in [6.45, 7) is 0. The zero-order valence-electron chi connectivity index (χ0n) is 14.0. The second kappa shape index (κ2) is 7.07. The van der Waals surface area contributed by atoms with Crippen LogP contribution in [0.5, 0.6) is 5.75 Å². The molecule has 0 atom stereocenters. The summed E-state index contributed by atoms with van der Waals surface area (Å²) in [4.78, 5) is 0.518. The van der Waals surface area contributed by atoms with Gasteiger partial charge in [0.1, 0.15) is 5.75 Å². The first-order valence-electron chi connectivity index (χ1n) is 8.12. The predicted octanol–water partition coefficient (Wildman–Crippen LogP) is 8.15. The molecule has 7 heteroatoms. The molecule has 0 bridgehead atoms. The molecule has 0 aliphatic rings. The van der Waals surface area contributed by atoms with E-state index < -0.39 is 6.36 Å². The van der Waals surface area contributed by atoms with Gasteiger partial charge in [0.05, 0.1) is 0 Å². The van der Waals surface area contributed by atoms with Gasteiger partial charge in [-0.05, 0) is 57.9 Å². The first-order valence-corrected chi connectivity index (χ1v) is 9.33. The van der Waals surface area contributed by atoms with Gasteiger partial charge in [0.25, 0.3) is 0 Å². The van der Waals surface area contributed by atoms with E-state index in [9.17, 15) is 13.2 Å². The molecule has 0 spiro atoms. The van der Waals surface area contributed by atoms with Gasteiger partial charge in [-0.15, -0.1) is 25.8 Å². The molecule has 4 rings (SSSR count). The number of thiol groups is 1. The first kappa shape index (κ1) is 19.2. The highest BCUT2D eigenvalue weighted by Crippen LogP contribution is 2.45. The van der Waals surface area contributed by atoms with E-state index in [0.717, 1.165) is 5.39 Å². The van der Waals surface area contributed by atoms with Crippen LogP contribution >= 0.6 is 35.8 Å². The van der Waals surface area contributed by atoms with E-state index in [0.29, 0.717) is 42.2 Å². The summed E-state index contributed by atoms with van der Waals surface area (Å²) in [5.74, 6) is -0.305. The Hall–Kier alpha value is -2.08. The van der Waals surface area contributed by atoms with Crippen LogP contribution in [0.3, 0.4) is 0 Å². The largest absolute Gasteiger partial charge is 0.573 e. The van der Waals surface area contributed by atoms with Crippen molar-refractivity contribution >= 4 is 57.4 Å². The molecule has 4 aromatic rings. The minimum absolute atomic E-state index is 0.296. The second-order valence-corrected chi connectivity index (χ2v) is 7.53. The Morgan fingerprint density at radius 1 is 0.714 bits per heavy atom. The quantitative estimate of drug-likeness (QED) is 0.310. The molecule has 1 nitrogen and oxygen atoms in total. The summed E-state index contributed by atoms with van der Waals surface area (Å²) in [6, 6.07) is 16.6. The fourth-order valence-electron chi connectivity index (χ4n) is 3.30. The fraction of sp³-hybridized carbons (Fsp3) is 0.0476. The topological polar surface area (TPSA) is 9.23 Å². The van der Waals surface area contributed by atoms with Gasteiger partial charge in [-0.25, -0.2) is 0 Å².